The number of aromatic nitrogens is 3. The van der Waals surface area contributed by atoms with Gasteiger partial charge in [0.1, 0.15) is 12.1 Å². The molecule has 0 aliphatic carbocycles. The Labute approximate surface area is 214 Å². The molecule has 2 aromatic carbocycles. The highest BCUT2D eigenvalue weighted by Crippen LogP contribution is 2.31. The second-order valence-electron chi connectivity index (χ2n) is 9.30. The van der Waals surface area contributed by atoms with Gasteiger partial charge in [-0.2, -0.15) is 4.37 Å². The summed E-state index contributed by atoms with van der Waals surface area (Å²) in [5.41, 5.74) is 3.01. The molecule has 4 rings (SSSR count). The van der Waals surface area contributed by atoms with E-state index in [9.17, 15) is 14.4 Å². The molecule has 0 aliphatic heterocycles. The van der Waals surface area contributed by atoms with E-state index in [0.717, 1.165) is 17.4 Å². The molecule has 1 atom stereocenters. The molecule has 2 aromatic heterocycles. The lowest BCUT2D eigenvalue weighted by molar-refractivity contribution is -0.108. The number of nitrogens with zero attached hydrogens (tertiary/aromatic N) is 4. The highest BCUT2D eigenvalue weighted by molar-refractivity contribution is 7.12. The summed E-state index contributed by atoms with van der Waals surface area (Å²) < 4.78 is 6.04. The van der Waals surface area contributed by atoms with Crippen LogP contribution in [0.25, 0.3) is 10.2 Å². The molecule has 0 bridgehead atoms. The average molecular weight is 503 g/mol. The van der Waals surface area contributed by atoms with Crippen molar-refractivity contribution in [3.63, 3.8) is 0 Å². The number of aryl methyl sites for hydroxylation is 2. The number of hydrogen-bond acceptors (Lipinski definition) is 6. The average Bonchev–Trinajstić information content (AvgIpc) is 3.24. The van der Waals surface area contributed by atoms with Crippen LogP contribution in [-0.2, 0) is 11.3 Å². The molecule has 1 unspecified atom stereocenters. The van der Waals surface area contributed by atoms with Crippen molar-refractivity contribution in [2.24, 2.45) is 5.92 Å². The van der Waals surface area contributed by atoms with E-state index < -0.39 is 6.04 Å². The zero-order chi connectivity index (χ0) is 25.8. The van der Waals surface area contributed by atoms with Crippen LogP contribution < -0.4 is 5.56 Å². The third-order valence-corrected chi connectivity index (χ3v) is 7.09. The molecule has 1 amide bonds. The minimum absolute atomic E-state index is 0.0774. The zero-order valence-electron chi connectivity index (χ0n) is 21.0. The number of rotatable bonds is 9. The molecule has 186 valence electrons. The van der Waals surface area contributed by atoms with Gasteiger partial charge in [0, 0.05) is 18.5 Å². The van der Waals surface area contributed by atoms with E-state index >= 15 is 0 Å². The molecule has 8 heteroatoms. The largest absolute Gasteiger partial charge is 0.328 e. The van der Waals surface area contributed by atoms with Gasteiger partial charge in [-0.1, -0.05) is 61.9 Å². The number of fused-ring (bicyclic) bond motifs is 1. The van der Waals surface area contributed by atoms with Crippen molar-refractivity contribution in [3.05, 3.63) is 93.2 Å². The summed E-state index contributed by atoms with van der Waals surface area (Å²) in [6.07, 6.45) is 0.999. The number of amides is 1. The van der Waals surface area contributed by atoms with Crippen LogP contribution in [0.4, 0.5) is 0 Å². The molecule has 0 N–H and O–H groups in total. The molecule has 0 saturated heterocycles. The number of hydrogen-bond donors (Lipinski definition) is 0. The van der Waals surface area contributed by atoms with Gasteiger partial charge in [0.05, 0.1) is 23.7 Å². The van der Waals surface area contributed by atoms with E-state index in [1.807, 2.05) is 70.2 Å². The van der Waals surface area contributed by atoms with E-state index in [-0.39, 0.29) is 30.3 Å². The second kappa shape index (κ2) is 11.0. The van der Waals surface area contributed by atoms with Gasteiger partial charge in [-0.05, 0) is 49.0 Å². The van der Waals surface area contributed by atoms with Gasteiger partial charge in [0.25, 0.3) is 11.5 Å². The van der Waals surface area contributed by atoms with Gasteiger partial charge in [-0.3, -0.25) is 14.2 Å². The number of aldehydes is 1. The summed E-state index contributed by atoms with van der Waals surface area (Å²) in [7, 11) is 0. The summed E-state index contributed by atoms with van der Waals surface area (Å²) in [6, 6.07) is 16.6. The first-order chi connectivity index (χ1) is 17.3. The van der Waals surface area contributed by atoms with Crippen molar-refractivity contribution in [3.8, 4) is 0 Å². The van der Waals surface area contributed by atoms with Crippen LogP contribution in [0.2, 0.25) is 0 Å². The fourth-order valence-electron chi connectivity index (χ4n) is 4.45. The van der Waals surface area contributed by atoms with Gasteiger partial charge in [0.15, 0.2) is 4.83 Å². The normalized spacial score (nSPS) is 12.1. The summed E-state index contributed by atoms with van der Waals surface area (Å²) >= 11 is 1.19. The van der Waals surface area contributed by atoms with Gasteiger partial charge in [-0.15, -0.1) is 0 Å². The van der Waals surface area contributed by atoms with E-state index in [2.05, 4.69) is 4.37 Å². The fourth-order valence-corrected chi connectivity index (χ4v) is 5.22. The topological polar surface area (TPSA) is 85.2 Å². The van der Waals surface area contributed by atoms with Crippen LogP contribution in [0.1, 0.15) is 59.3 Å². The van der Waals surface area contributed by atoms with Crippen LogP contribution in [0.15, 0.2) is 59.4 Å². The Morgan fingerprint density at radius 1 is 1.08 bits per heavy atom. The molecule has 0 radical (unpaired) electrons. The van der Waals surface area contributed by atoms with Crippen molar-refractivity contribution in [1.82, 2.24) is 18.8 Å². The second-order valence-corrected chi connectivity index (χ2v) is 10.1. The minimum atomic E-state index is -0.526. The van der Waals surface area contributed by atoms with E-state index in [0.29, 0.717) is 33.8 Å². The van der Waals surface area contributed by atoms with E-state index in [1.54, 1.807) is 21.6 Å². The lowest BCUT2D eigenvalue weighted by atomic mass is 9.99. The fraction of sp³-hybridized carbons (Fsp3) is 0.321. The van der Waals surface area contributed by atoms with Gasteiger partial charge in [-0.25, -0.2) is 4.98 Å². The van der Waals surface area contributed by atoms with Crippen molar-refractivity contribution in [1.29, 1.82) is 0 Å². The van der Waals surface area contributed by atoms with Gasteiger partial charge >= 0.3 is 0 Å². The molecule has 2 heterocycles. The first kappa shape index (κ1) is 25.4. The van der Waals surface area contributed by atoms with Crippen molar-refractivity contribution in [2.75, 3.05) is 6.54 Å². The Hall–Kier alpha value is -3.65. The van der Waals surface area contributed by atoms with Crippen molar-refractivity contribution < 1.29 is 9.59 Å². The predicted molar refractivity (Wildman–Crippen MR) is 142 cm³/mol. The maximum atomic E-state index is 13.8. The third kappa shape index (κ3) is 5.14. The van der Waals surface area contributed by atoms with Gasteiger partial charge in [0.2, 0.25) is 0 Å². The monoisotopic (exact) mass is 502 g/mol. The Bertz CT molecular complexity index is 1430. The number of benzene rings is 2. The maximum Gasteiger partial charge on any atom is 0.264 e. The smallest absolute Gasteiger partial charge is 0.264 e. The lowest BCUT2D eigenvalue weighted by Gasteiger charge is -2.35. The SMILES string of the molecule is Cc1ccc(C(=O)N(CCC=O)C(c2nc3snc(C)c3c(=O)n2Cc2ccccc2)C(C)C)cc1. The molecule has 0 fully saturated rings. The van der Waals surface area contributed by atoms with Crippen molar-refractivity contribution >= 4 is 33.9 Å². The highest BCUT2D eigenvalue weighted by atomic mass is 32.1. The highest BCUT2D eigenvalue weighted by Gasteiger charge is 2.33. The first-order valence-corrected chi connectivity index (χ1v) is 12.8. The number of carbonyl (C=O) groups is 2. The Morgan fingerprint density at radius 3 is 2.42 bits per heavy atom. The quantitative estimate of drug-likeness (QED) is 0.303. The van der Waals surface area contributed by atoms with Gasteiger partial charge < -0.3 is 9.69 Å². The van der Waals surface area contributed by atoms with Crippen LogP contribution in [0.3, 0.4) is 0 Å². The zero-order valence-corrected chi connectivity index (χ0v) is 21.8. The van der Waals surface area contributed by atoms with Crippen molar-refractivity contribution in [2.45, 2.75) is 46.7 Å². The van der Waals surface area contributed by atoms with Crippen LogP contribution in [0, 0.1) is 19.8 Å². The maximum absolute atomic E-state index is 13.8. The van der Waals surface area contributed by atoms with E-state index in [4.69, 9.17) is 4.98 Å². The molecule has 36 heavy (non-hydrogen) atoms. The summed E-state index contributed by atoms with van der Waals surface area (Å²) in [5.74, 6) is 0.226. The predicted octanol–water partition coefficient (Wildman–Crippen LogP) is 4.95. The van der Waals surface area contributed by atoms with E-state index in [1.165, 1.54) is 11.5 Å². The molecule has 7 nitrogen and oxygen atoms in total. The Kier molecular flexibility index (Phi) is 7.74. The summed E-state index contributed by atoms with van der Waals surface area (Å²) in [5, 5.41) is 0.506. The molecular weight excluding hydrogens is 472 g/mol. The minimum Gasteiger partial charge on any atom is -0.328 e. The Morgan fingerprint density at radius 2 is 1.78 bits per heavy atom. The van der Waals surface area contributed by atoms with Crippen LogP contribution in [-0.4, -0.2) is 37.6 Å². The summed E-state index contributed by atoms with van der Waals surface area (Å²) in [6.45, 7) is 8.32. The van der Waals surface area contributed by atoms with Crippen LogP contribution >= 0.6 is 11.5 Å². The summed E-state index contributed by atoms with van der Waals surface area (Å²) in [4.78, 5) is 46.1. The number of carbonyl (C=O) groups excluding carboxylic acids is 2. The van der Waals surface area contributed by atoms with Crippen LogP contribution in [0.5, 0.6) is 0 Å². The molecule has 0 spiro atoms. The standard InChI is InChI=1S/C28H30N4O3S/c1-18(2)24(31(15-8-16-33)27(34)22-13-11-19(3)12-14-22)25-29-26-23(20(4)30-36-26)28(35)32(25)17-21-9-6-5-7-10-21/h5-7,9-14,16,18,24H,8,15,17H2,1-4H3. The molecule has 0 aliphatic rings. The molecular formula is C28H30N4O3S. The lowest BCUT2D eigenvalue weighted by Crippen LogP contribution is -2.42. The first-order valence-electron chi connectivity index (χ1n) is 12.0. The Balaban J connectivity index is 1.91. The molecule has 4 aromatic rings. The molecule has 0 saturated carbocycles. The third-order valence-electron chi connectivity index (χ3n) is 6.26.